The van der Waals surface area contributed by atoms with Crippen molar-refractivity contribution in [3.63, 3.8) is 0 Å². The van der Waals surface area contributed by atoms with Crippen LogP contribution < -0.4 is 5.73 Å². The van der Waals surface area contributed by atoms with E-state index >= 15 is 0 Å². The van der Waals surface area contributed by atoms with Crippen LogP contribution in [0.25, 0.3) is 0 Å². The van der Waals surface area contributed by atoms with E-state index in [9.17, 15) is 14.4 Å². The van der Waals surface area contributed by atoms with Crippen LogP contribution in [-0.2, 0) is 14.4 Å². The highest BCUT2D eigenvalue weighted by molar-refractivity contribution is 6.07. The minimum Gasteiger partial charge on any atom is -0.370 e. The van der Waals surface area contributed by atoms with Crippen LogP contribution >= 0.6 is 0 Å². The Labute approximate surface area is 134 Å². The molecule has 0 aromatic heterocycles. The molecule has 1 aromatic rings. The molecule has 2 N–H and O–H groups in total. The minimum absolute atomic E-state index is 0.0380. The maximum atomic E-state index is 12.9. The number of allylic oxidation sites excluding steroid dienone is 2. The summed E-state index contributed by atoms with van der Waals surface area (Å²) >= 11 is 0. The third-order valence-electron chi connectivity index (χ3n) is 5.39. The highest BCUT2D eigenvalue weighted by Gasteiger charge is 2.60. The van der Waals surface area contributed by atoms with Crippen LogP contribution in [-0.4, -0.2) is 22.6 Å². The average Bonchev–Trinajstić information content (AvgIpc) is 3.20. The van der Waals surface area contributed by atoms with Crippen LogP contribution in [0.3, 0.4) is 0 Å². The van der Waals surface area contributed by atoms with Gasteiger partial charge in [0.25, 0.3) is 0 Å². The first-order valence-electron chi connectivity index (χ1n) is 7.96. The lowest BCUT2D eigenvalue weighted by atomic mass is 9.85. The molecule has 5 heteroatoms. The van der Waals surface area contributed by atoms with Crippen LogP contribution in [0, 0.1) is 23.7 Å². The SMILES string of the molecule is NC(=O)C[C@H](c1ccccc1)N1C(=O)[C@@H]2[C@H](C1=O)[C@H]1C=C[C@H]2C1. The molecule has 2 bridgehead atoms. The van der Waals surface area contributed by atoms with E-state index in [0.717, 1.165) is 12.0 Å². The number of carbonyl (C=O) groups is 3. The number of nitrogens with two attached hydrogens (primary N) is 1. The molecule has 118 valence electrons. The fourth-order valence-corrected chi connectivity index (χ4v) is 4.46. The number of nitrogens with zero attached hydrogens (tertiary/aromatic N) is 1. The zero-order chi connectivity index (χ0) is 16.1. The Balaban J connectivity index is 1.71. The van der Waals surface area contributed by atoms with Gasteiger partial charge in [-0.3, -0.25) is 19.3 Å². The number of primary amides is 1. The number of fused-ring (bicyclic) bond motifs is 5. The molecule has 2 aliphatic carbocycles. The van der Waals surface area contributed by atoms with Crippen molar-refractivity contribution in [2.45, 2.75) is 18.9 Å². The smallest absolute Gasteiger partial charge is 0.234 e. The molecule has 0 spiro atoms. The molecular weight excluding hydrogens is 292 g/mol. The van der Waals surface area contributed by atoms with Crippen LogP contribution in [0.5, 0.6) is 0 Å². The van der Waals surface area contributed by atoms with Gasteiger partial charge in [0.2, 0.25) is 17.7 Å². The first kappa shape index (κ1) is 14.2. The van der Waals surface area contributed by atoms with Crippen molar-refractivity contribution in [2.24, 2.45) is 29.4 Å². The number of likely N-dealkylation sites (tertiary alicyclic amines) is 1. The molecule has 1 aromatic carbocycles. The van der Waals surface area contributed by atoms with Crippen LogP contribution in [0.15, 0.2) is 42.5 Å². The Kier molecular flexibility index (Phi) is 3.11. The Morgan fingerprint density at radius 3 is 2.17 bits per heavy atom. The first-order valence-corrected chi connectivity index (χ1v) is 7.96. The summed E-state index contributed by atoms with van der Waals surface area (Å²) in [5.41, 5.74) is 6.14. The van der Waals surface area contributed by atoms with Crippen molar-refractivity contribution in [1.82, 2.24) is 4.90 Å². The van der Waals surface area contributed by atoms with Crippen LogP contribution in [0.2, 0.25) is 0 Å². The van der Waals surface area contributed by atoms with Gasteiger partial charge in [-0.15, -0.1) is 0 Å². The van der Waals surface area contributed by atoms with Gasteiger partial charge < -0.3 is 5.73 Å². The Morgan fingerprint density at radius 1 is 1.09 bits per heavy atom. The van der Waals surface area contributed by atoms with Gasteiger partial charge in [-0.1, -0.05) is 42.5 Å². The lowest BCUT2D eigenvalue weighted by molar-refractivity contribution is -0.144. The molecule has 5 atom stereocenters. The summed E-state index contributed by atoms with van der Waals surface area (Å²) in [7, 11) is 0. The Hall–Kier alpha value is -2.43. The van der Waals surface area contributed by atoms with E-state index in [1.165, 1.54) is 4.90 Å². The van der Waals surface area contributed by atoms with Gasteiger partial charge in [0.1, 0.15) is 0 Å². The summed E-state index contributed by atoms with van der Waals surface area (Å²) in [5, 5.41) is 0. The van der Waals surface area contributed by atoms with Gasteiger partial charge in [-0.25, -0.2) is 0 Å². The average molecular weight is 310 g/mol. The van der Waals surface area contributed by atoms with Gasteiger partial charge in [0.15, 0.2) is 0 Å². The van der Waals surface area contributed by atoms with Crippen molar-refractivity contribution in [2.75, 3.05) is 0 Å². The highest BCUT2D eigenvalue weighted by atomic mass is 16.2. The predicted molar refractivity (Wildman–Crippen MR) is 82.6 cm³/mol. The topological polar surface area (TPSA) is 80.5 Å². The molecule has 1 saturated heterocycles. The number of imide groups is 1. The number of rotatable bonds is 4. The van der Waals surface area contributed by atoms with E-state index in [0.29, 0.717) is 0 Å². The number of hydrogen-bond donors (Lipinski definition) is 1. The van der Waals surface area contributed by atoms with E-state index < -0.39 is 11.9 Å². The molecular formula is C18H18N2O3. The highest BCUT2D eigenvalue weighted by Crippen LogP contribution is 2.54. The molecule has 1 aliphatic heterocycles. The zero-order valence-electron chi connectivity index (χ0n) is 12.6. The van der Waals surface area contributed by atoms with Crippen molar-refractivity contribution in [1.29, 1.82) is 0 Å². The van der Waals surface area contributed by atoms with Crippen molar-refractivity contribution < 1.29 is 14.4 Å². The molecule has 3 aliphatic rings. The molecule has 23 heavy (non-hydrogen) atoms. The van der Waals surface area contributed by atoms with Crippen molar-refractivity contribution >= 4 is 17.7 Å². The summed E-state index contributed by atoms with van der Waals surface area (Å²) in [6.45, 7) is 0. The minimum atomic E-state index is -0.598. The maximum absolute atomic E-state index is 12.9. The van der Waals surface area contributed by atoms with Gasteiger partial charge in [-0.05, 0) is 23.8 Å². The molecule has 0 radical (unpaired) electrons. The third-order valence-corrected chi connectivity index (χ3v) is 5.39. The lowest BCUT2D eigenvalue weighted by Gasteiger charge is -2.27. The molecule has 1 saturated carbocycles. The van der Waals surface area contributed by atoms with E-state index in [2.05, 4.69) is 12.2 Å². The molecule has 4 rings (SSSR count). The second-order valence-corrected chi connectivity index (χ2v) is 6.64. The summed E-state index contributed by atoms with van der Waals surface area (Å²) in [5.74, 6) is -0.988. The normalized spacial score (nSPS) is 32.4. The lowest BCUT2D eigenvalue weighted by Crippen LogP contribution is -2.38. The molecule has 3 amide bonds. The van der Waals surface area contributed by atoms with E-state index in [1.807, 2.05) is 30.3 Å². The largest absolute Gasteiger partial charge is 0.370 e. The molecule has 0 unspecified atom stereocenters. The second-order valence-electron chi connectivity index (χ2n) is 6.64. The number of carbonyl (C=O) groups excluding carboxylic acids is 3. The van der Waals surface area contributed by atoms with Crippen LogP contribution in [0.4, 0.5) is 0 Å². The van der Waals surface area contributed by atoms with Crippen molar-refractivity contribution in [3.8, 4) is 0 Å². The standard InChI is InChI=1S/C18H18N2O3/c19-14(21)9-13(10-4-2-1-3-5-10)20-17(22)15-11-6-7-12(8-11)16(15)18(20)23/h1-7,11-13,15-16H,8-9H2,(H2,19,21)/t11-,12-,13+,15-,16+/m0/s1. The van der Waals surface area contributed by atoms with E-state index in [1.54, 1.807) is 0 Å². The first-order chi connectivity index (χ1) is 11.1. The third kappa shape index (κ3) is 2.03. The van der Waals surface area contributed by atoms with Gasteiger partial charge in [-0.2, -0.15) is 0 Å². The quantitative estimate of drug-likeness (QED) is 0.674. The second kappa shape index (κ2) is 5.05. The Morgan fingerprint density at radius 2 is 1.65 bits per heavy atom. The molecule has 2 fully saturated rings. The summed E-state index contributed by atoms with van der Waals surface area (Å²) < 4.78 is 0. The molecule has 5 nitrogen and oxygen atoms in total. The van der Waals surface area contributed by atoms with Crippen LogP contribution in [0.1, 0.15) is 24.4 Å². The van der Waals surface area contributed by atoms with Gasteiger partial charge in [0.05, 0.1) is 24.3 Å². The summed E-state index contributed by atoms with van der Waals surface area (Å²) in [4.78, 5) is 38.6. The fourth-order valence-electron chi connectivity index (χ4n) is 4.46. The van der Waals surface area contributed by atoms with E-state index in [-0.39, 0.29) is 41.9 Å². The fraction of sp³-hybridized carbons (Fsp3) is 0.389. The van der Waals surface area contributed by atoms with Gasteiger partial charge >= 0.3 is 0 Å². The summed E-state index contributed by atoms with van der Waals surface area (Å²) in [6, 6.07) is 8.58. The Bertz CT molecular complexity index is 682. The summed E-state index contributed by atoms with van der Waals surface area (Å²) in [6.07, 6.45) is 4.98. The van der Waals surface area contributed by atoms with Crippen molar-refractivity contribution in [3.05, 3.63) is 48.0 Å². The molecule has 1 heterocycles. The monoisotopic (exact) mass is 310 g/mol. The number of amides is 3. The maximum Gasteiger partial charge on any atom is 0.234 e. The zero-order valence-corrected chi connectivity index (χ0v) is 12.6. The van der Waals surface area contributed by atoms with Gasteiger partial charge in [0, 0.05) is 0 Å². The number of benzene rings is 1. The number of hydrogen-bond acceptors (Lipinski definition) is 3. The van der Waals surface area contributed by atoms with E-state index in [4.69, 9.17) is 5.73 Å². The predicted octanol–water partition coefficient (Wildman–Crippen LogP) is 1.41.